The molecule has 2 aromatic heterocycles. The Morgan fingerprint density at radius 1 is 0.929 bits per heavy atom. The van der Waals surface area contributed by atoms with E-state index in [0.717, 1.165) is 68.2 Å². The summed E-state index contributed by atoms with van der Waals surface area (Å²) in [6.45, 7) is 4.96. The quantitative estimate of drug-likeness (QED) is 0.691. The van der Waals surface area contributed by atoms with Gasteiger partial charge in [-0.25, -0.2) is 9.97 Å². The highest BCUT2D eigenvalue weighted by Gasteiger charge is 2.23. The summed E-state index contributed by atoms with van der Waals surface area (Å²) >= 11 is 9.93. The number of hydrogen-bond acceptors (Lipinski definition) is 5. The van der Waals surface area contributed by atoms with Gasteiger partial charge >= 0.3 is 0 Å². The minimum atomic E-state index is 0.0341. The lowest BCUT2D eigenvalue weighted by molar-refractivity contribution is 0.0724. The molecule has 2 aromatic rings. The Morgan fingerprint density at radius 3 is 2.29 bits per heavy atom. The normalized spacial score (nSPS) is 17.7. The SMILES string of the molecule is O=C(c1cnc(N2CCN(c3ccc(Br)cn3)CC2)c(Cl)c1)N1CCCCC1. The lowest BCUT2D eigenvalue weighted by atomic mass is 10.1. The maximum Gasteiger partial charge on any atom is 0.255 e. The summed E-state index contributed by atoms with van der Waals surface area (Å²) in [5, 5.41) is 0.540. The molecule has 28 heavy (non-hydrogen) atoms. The van der Waals surface area contributed by atoms with Gasteiger partial charge in [-0.3, -0.25) is 4.79 Å². The van der Waals surface area contributed by atoms with E-state index in [0.29, 0.717) is 10.6 Å². The van der Waals surface area contributed by atoms with Crippen LogP contribution < -0.4 is 9.80 Å². The van der Waals surface area contributed by atoms with E-state index in [-0.39, 0.29) is 5.91 Å². The lowest BCUT2D eigenvalue weighted by Crippen LogP contribution is -2.47. The Labute approximate surface area is 178 Å². The number of piperazine rings is 1. The summed E-state index contributed by atoms with van der Waals surface area (Å²) in [4.78, 5) is 28.0. The van der Waals surface area contributed by atoms with E-state index in [9.17, 15) is 4.79 Å². The molecule has 6 nitrogen and oxygen atoms in total. The fourth-order valence-electron chi connectivity index (χ4n) is 3.76. The second kappa shape index (κ2) is 8.66. The molecule has 2 fully saturated rings. The number of pyridine rings is 2. The monoisotopic (exact) mass is 463 g/mol. The zero-order valence-corrected chi connectivity index (χ0v) is 18.0. The topological polar surface area (TPSA) is 52.6 Å². The molecule has 0 radical (unpaired) electrons. The maximum atomic E-state index is 12.7. The van der Waals surface area contributed by atoms with Gasteiger partial charge in [-0.2, -0.15) is 0 Å². The third kappa shape index (κ3) is 4.25. The van der Waals surface area contributed by atoms with Crippen LogP contribution in [-0.2, 0) is 0 Å². The first kappa shape index (κ1) is 19.5. The molecule has 2 aliphatic rings. The first-order chi connectivity index (χ1) is 13.6. The molecular weight excluding hydrogens is 442 g/mol. The number of likely N-dealkylation sites (tertiary alicyclic amines) is 1. The lowest BCUT2D eigenvalue weighted by Gasteiger charge is -2.36. The molecule has 0 saturated carbocycles. The fraction of sp³-hybridized carbons (Fsp3) is 0.450. The van der Waals surface area contributed by atoms with Crippen molar-refractivity contribution in [2.75, 3.05) is 49.1 Å². The summed E-state index contributed by atoms with van der Waals surface area (Å²) < 4.78 is 0.977. The van der Waals surface area contributed by atoms with Gasteiger partial charge in [0, 0.05) is 56.1 Å². The van der Waals surface area contributed by atoms with E-state index in [1.807, 2.05) is 23.2 Å². The van der Waals surface area contributed by atoms with Gasteiger partial charge in [0.1, 0.15) is 11.6 Å². The van der Waals surface area contributed by atoms with Gasteiger partial charge in [-0.15, -0.1) is 0 Å². The number of halogens is 2. The average molecular weight is 465 g/mol. The minimum Gasteiger partial charge on any atom is -0.353 e. The van der Waals surface area contributed by atoms with Crippen molar-refractivity contribution in [2.45, 2.75) is 19.3 Å². The molecule has 1 amide bonds. The van der Waals surface area contributed by atoms with Gasteiger partial charge in [0.05, 0.1) is 10.6 Å². The number of piperidine rings is 1. The molecule has 2 aliphatic heterocycles. The average Bonchev–Trinajstić information content (AvgIpc) is 2.74. The highest BCUT2D eigenvalue weighted by atomic mass is 79.9. The van der Waals surface area contributed by atoms with Crippen molar-refractivity contribution in [1.82, 2.24) is 14.9 Å². The number of amides is 1. The Balaban J connectivity index is 1.41. The van der Waals surface area contributed by atoms with E-state index < -0.39 is 0 Å². The van der Waals surface area contributed by atoms with Crippen LogP contribution >= 0.6 is 27.5 Å². The van der Waals surface area contributed by atoms with Crippen molar-refractivity contribution in [3.05, 3.63) is 45.7 Å². The number of aromatic nitrogens is 2. The standard InChI is InChI=1S/C20H23BrClN5O/c21-16-4-5-18(23-14-16)25-8-10-26(11-9-25)19-17(22)12-15(13-24-19)20(28)27-6-2-1-3-7-27/h4-5,12-14H,1-3,6-11H2. The molecule has 0 spiro atoms. The second-order valence-electron chi connectivity index (χ2n) is 7.19. The zero-order valence-electron chi connectivity index (χ0n) is 15.7. The van der Waals surface area contributed by atoms with Gasteiger partial charge in [0.2, 0.25) is 0 Å². The molecule has 0 bridgehead atoms. The number of anilines is 2. The van der Waals surface area contributed by atoms with Crippen molar-refractivity contribution in [3.63, 3.8) is 0 Å². The van der Waals surface area contributed by atoms with Crippen LogP contribution in [0.4, 0.5) is 11.6 Å². The van der Waals surface area contributed by atoms with Crippen LogP contribution in [0.2, 0.25) is 5.02 Å². The molecule has 0 aliphatic carbocycles. The Kier molecular flexibility index (Phi) is 6.01. The number of nitrogens with zero attached hydrogens (tertiary/aromatic N) is 5. The number of hydrogen-bond donors (Lipinski definition) is 0. The first-order valence-corrected chi connectivity index (χ1v) is 10.9. The fourth-order valence-corrected chi connectivity index (χ4v) is 4.28. The van der Waals surface area contributed by atoms with E-state index in [1.165, 1.54) is 6.42 Å². The van der Waals surface area contributed by atoms with Crippen LogP contribution in [0.15, 0.2) is 35.1 Å². The number of carbonyl (C=O) groups excluding carboxylic acids is 1. The van der Waals surface area contributed by atoms with Crippen molar-refractivity contribution in [2.24, 2.45) is 0 Å². The molecule has 0 aromatic carbocycles. The summed E-state index contributed by atoms with van der Waals surface area (Å²) in [6, 6.07) is 5.79. The molecule has 0 atom stereocenters. The predicted molar refractivity (Wildman–Crippen MR) is 115 cm³/mol. The van der Waals surface area contributed by atoms with Crippen LogP contribution in [0.1, 0.15) is 29.6 Å². The summed E-state index contributed by atoms with van der Waals surface area (Å²) in [7, 11) is 0. The van der Waals surface area contributed by atoms with Gasteiger partial charge in [-0.05, 0) is 53.4 Å². The van der Waals surface area contributed by atoms with Gasteiger partial charge in [0.15, 0.2) is 0 Å². The molecule has 2 saturated heterocycles. The van der Waals surface area contributed by atoms with Gasteiger partial charge < -0.3 is 14.7 Å². The van der Waals surface area contributed by atoms with E-state index in [1.54, 1.807) is 12.3 Å². The van der Waals surface area contributed by atoms with Crippen LogP contribution in [0.5, 0.6) is 0 Å². The number of carbonyl (C=O) groups is 1. The van der Waals surface area contributed by atoms with Crippen LogP contribution in [-0.4, -0.2) is 60.0 Å². The van der Waals surface area contributed by atoms with E-state index in [4.69, 9.17) is 11.6 Å². The summed E-state index contributed by atoms with van der Waals surface area (Å²) in [5.74, 6) is 1.76. The Bertz CT molecular complexity index is 833. The molecule has 8 heteroatoms. The minimum absolute atomic E-state index is 0.0341. The first-order valence-electron chi connectivity index (χ1n) is 9.68. The van der Waals surface area contributed by atoms with Gasteiger partial charge in [-0.1, -0.05) is 11.6 Å². The van der Waals surface area contributed by atoms with Gasteiger partial charge in [0.25, 0.3) is 5.91 Å². The third-order valence-corrected chi connectivity index (χ3v) is 6.07. The third-order valence-electron chi connectivity index (χ3n) is 5.33. The summed E-state index contributed by atoms with van der Waals surface area (Å²) in [5.41, 5.74) is 0.577. The predicted octanol–water partition coefficient (Wildman–Crippen LogP) is 3.85. The highest BCUT2D eigenvalue weighted by molar-refractivity contribution is 9.10. The van der Waals surface area contributed by atoms with Crippen molar-refractivity contribution < 1.29 is 4.79 Å². The smallest absolute Gasteiger partial charge is 0.255 e. The molecule has 4 rings (SSSR count). The van der Waals surface area contributed by atoms with Crippen molar-refractivity contribution in [1.29, 1.82) is 0 Å². The summed E-state index contributed by atoms with van der Waals surface area (Å²) in [6.07, 6.45) is 6.83. The molecule has 0 unspecified atom stereocenters. The molecule has 148 valence electrons. The van der Waals surface area contributed by atoms with Crippen LogP contribution in [0.25, 0.3) is 0 Å². The highest BCUT2D eigenvalue weighted by Crippen LogP contribution is 2.27. The molecule has 0 N–H and O–H groups in total. The van der Waals surface area contributed by atoms with Crippen LogP contribution in [0.3, 0.4) is 0 Å². The van der Waals surface area contributed by atoms with E-state index in [2.05, 4.69) is 35.7 Å². The Hall–Kier alpha value is -1.86. The molecular formula is C20H23BrClN5O. The molecule has 4 heterocycles. The largest absolute Gasteiger partial charge is 0.353 e. The zero-order chi connectivity index (χ0) is 19.5. The van der Waals surface area contributed by atoms with Crippen molar-refractivity contribution >= 4 is 45.1 Å². The second-order valence-corrected chi connectivity index (χ2v) is 8.51. The Morgan fingerprint density at radius 2 is 1.64 bits per heavy atom. The maximum absolute atomic E-state index is 12.7. The van der Waals surface area contributed by atoms with Crippen molar-refractivity contribution in [3.8, 4) is 0 Å². The number of rotatable bonds is 3. The van der Waals surface area contributed by atoms with E-state index >= 15 is 0 Å². The van der Waals surface area contributed by atoms with Crippen LogP contribution in [0, 0.1) is 0 Å².